The van der Waals surface area contributed by atoms with Gasteiger partial charge in [-0.15, -0.1) is 0 Å². The molecule has 1 rings (SSSR count). The van der Waals surface area contributed by atoms with Crippen molar-refractivity contribution < 1.29 is 24.5 Å². The Balaban J connectivity index is 3.33. The molecule has 0 heterocycles. The van der Waals surface area contributed by atoms with Crippen molar-refractivity contribution in [3.63, 3.8) is 0 Å². The minimum absolute atomic E-state index is 0.0288. The number of carbonyl (C=O) groups is 1. The third-order valence-electron chi connectivity index (χ3n) is 2.89. The number of phenols is 1. The van der Waals surface area contributed by atoms with Gasteiger partial charge in [-0.1, -0.05) is 0 Å². The number of aromatic hydroxyl groups is 1. The summed E-state index contributed by atoms with van der Waals surface area (Å²) in [4.78, 5) is 11.2. The van der Waals surface area contributed by atoms with E-state index in [4.69, 9.17) is 14.6 Å². The lowest BCUT2D eigenvalue weighted by atomic mass is 9.85. The van der Waals surface area contributed by atoms with Crippen LogP contribution in [0.5, 0.6) is 17.2 Å². The highest BCUT2D eigenvalue weighted by atomic mass is 79.9. The van der Waals surface area contributed by atoms with Crippen molar-refractivity contribution in [2.24, 2.45) is 5.41 Å². The van der Waals surface area contributed by atoms with E-state index in [9.17, 15) is 9.90 Å². The Morgan fingerprint density at radius 3 is 2.37 bits per heavy atom. The van der Waals surface area contributed by atoms with Gasteiger partial charge in [-0.3, -0.25) is 4.79 Å². The van der Waals surface area contributed by atoms with E-state index in [1.54, 1.807) is 13.8 Å². The van der Waals surface area contributed by atoms with Gasteiger partial charge in [0.25, 0.3) is 0 Å². The van der Waals surface area contributed by atoms with E-state index in [1.165, 1.54) is 20.3 Å². The number of ether oxygens (including phenoxy) is 2. The van der Waals surface area contributed by atoms with Crippen LogP contribution in [0.25, 0.3) is 0 Å². The van der Waals surface area contributed by atoms with Gasteiger partial charge < -0.3 is 19.7 Å². The number of halogens is 1. The number of hydrogen-bond donors (Lipinski definition) is 2. The van der Waals surface area contributed by atoms with Gasteiger partial charge in [0.15, 0.2) is 11.5 Å². The van der Waals surface area contributed by atoms with Crippen LogP contribution in [-0.2, 0) is 11.2 Å². The molecule has 5 nitrogen and oxygen atoms in total. The van der Waals surface area contributed by atoms with Crippen molar-refractivity contribution >= 4 is 21.9 Å². The lowest BCUT2D eigenvalue weighted by molar-refractivity contribution is -0.146. The summed E-state index contributed by atoms with van der Waals surface area (Å²) in [7, 11) is 2.94. The predicted molar refractivity (Wildman–Crippen MR) is 74.0 cm³/mol. The summed E-state index contributed by atoms with van der Waals surface area (Å²) in [6.07, 6.45) is 0.162. The second kappa shape index (κ2) is 5.69. The summed E-state index contributed by atoms with van der Waals surface area (Å²) in [6, 6.07) is 1.41. The SMILES string of the molecule is COc1cc(O)c(CC(C)(C)C(=O)O)c(Br)c1OC. The van der Waals surface area contributed by atoms with Crippen LogP contribution in [0.15, 0.2) is 10.5 Å². The maximum absolute atomic E-state index is 11.2. The van der Waals surface area contributed by atoms with Crippen LogP contribution >= 0.6 is 15.9 Å². The smallest absolute Gasteiger partial charge is 0.309 e. The largest absolute Gasteiger partial charge is 0.507 e. The first kappa shape index (κ1) is 15.6. The Morgan fingerprint density at radius 1 is 1.37 bits per heavy atom. The fourth-order valence-electron chi connectivity index (χ4n) is 1.66. The molecular weight excluding hydrogens is 316 g/mol. The molecule has 0 amide bonds. The van der Waals surface area contributed by atoms with E-state index in [1.807, 2.05) is 0 Å². The highest BCUT2D eigenvalue weighted by Crippen LogP contribution is 2.44. The summed E-state index contributed by atoms with van der Waals surface area (Å²) < 4.78 is 10.8. The van der Waals surface area contributed by atoms with Crippen LogP contribution in [0.2, 0.25) is 0 Å². The minimum Gasteiger partial charge on any atom is -0.507 e. The van der Waals surface area contributed by atoms with Crippen LogP contribution in [0.1, 0.15) is 19.4 Å². The monoisotopic (exact) mass is 332 g/mol. The highest BCUT2D eigenvalue weighted by molar-refractivity contribution is 9.10. The molecule has 19 heavy (non-hydrogen) atoms. The molecule has 106 valence electrons. The lowest BCUT2D eigenvalue weighted by Crippen LogP contribution is -2.26. The third kappa shape index (κ3) is 3.12. The first-order valence-electron chi connectivity index (χ1n) is 5.60. The van der Waals surface area contributed by atoms with Gasteiger partial charge in [-0.05, 0) is 36.2 Å². The highest BCUT2D eigenvalue weighted by Gasteiger charge is 2.31. The van der Waals surface area contributed by atoms with Gasteiger partial charge in [-0.2, -0.15) is 0 Å². The maximum atomic E-state index is 11.2. The van der Waals surface area contributed by atoms with Crippen LogP contribution in [0.4, 0.5) is 0 Å². The van der Waals surface area contributed by atoms with Gasteiger partial charge in [0.1, 0.15) is 5.75 Å². The number of benzene rings is 1. The number of hydrogen-bond acceptors (Lipinski definition) is 4. The summed E-state index contributed by atoms with van der Waals surface area (Å²) in [5.41, 5.74) is -0.523. The quantitative estimate of drug-likeness (QED) is 0.867. The Labute approximate surface area is 120 Å². The normalized spacial score (nSPS) is 11.2. The minimum atomic E-state index is -1.00. The van der Waals surface area contributed by atoms with E-state index >= 15 is 0 Å². The van der Waals surface area contributed by atoms with Crippen molar-refractivity contribution in [1.29, 1.82) is 0 Å². The Kier molecular flexibility index (Phi) is 4.68. The molecule has 0 aromatic heterocycles. The van der Waals surface area contributed by atoms with Crippen molar-refractivity contribution in [3.8, 4) is 17.2 Å². The molecule has 1 aromatic rings. The zero-order chi connectivity index (χ0) is 14.8. The average Bonchev–Trinajstić information content (AvgIpc) is 2.33. The second-order valence-corrected chi connectivity index (χ2v) is 5.58. The zero-order valence-electron chi connectivity index (χ0n) is 11.3. The summed E-state index contributed by atoms with van der Waals surface area (Å²) in [5.74, 6) is -0.160. The van der Waals surface area contributed by atoms with E-state index in [0.29, 0.717) is 21.5 Å². The number of phenolic OH excluding ortho intramolecular Hbond substituents is 1. The molecule has 0 aliphatic rings. The topological polar surface area (TPSA) is 76.0 Å². The molecule has 0 saturated heterocycles. The predicted octanol–water partition coefficient (Wildman–Crippen LogP) is 2.83. The number of methoxy groups -OCH3 is 2. The van der Waals surface area contributed by atoms with E-state index in [2.05, 4.69) is 15.9 Å². The molecule has 0 bridgehead atoms. The molecule has 0 fully saturated rings. The number of rotatable bonds is 5. The van der Waals surface area contributed by atoms with Crippen molar-refractivity contribution in [2.45, 2.75) is 20.3 Å². The van der Waals surface area contributed by atoms with Crippen molar-refractivity contribution in [1.82, 2.24) is 0 Å². The van der Waals surface area contributed by atoms with Crippen LogP contribution in [0.3, 0.4) is 0 Å². The molecule has 6 heteroatoms. The van der Waals surface area contributed by atoms with Gasteiger partial charge in [0, 0.05) is 11.6 Å². The molecular formula is C13H17BrO5. The molecule has 0 aliphatic carbocycles. The molecule has 0 radical (unpaired) electrons. The summed E-state index contributed by atoms with van der Waals surface area (Å²) in [6.45, 7) is 3.19. The number of aliphatic carboxylic acids is 1. The van der Waals surface area contributed by atoms with E-state index in [0.717, 1.165) is 0 Å². The summed E-state index contributed by atoms with van der Waals surface area (Å²) in [5, 5.41) is 19.2. The third-order valence-corrected chi connectivity index (χ3v) is 3.73. The Morgan fingerprint density at radius 2 is 1.95 bits per heavy atom. The van der Waals surface area contributed by atoms with Crippen molar-refractivity contribution in [2.75, 3.05) is 14.2 Å². The maximum Gasteiger partial charge on any atom is 0.309 e. The average molecular weight is 333 g/mol. The Bertz CT molecular complexity index is 496. The standard InChI is InChI=1S/C13H17BrO5/c1-13(2,12(16)17)6-7-8(15)5-9(18-3)11(19-4)10(7)14/h5,15H,6H2,1-4H3,(H,16,17). The molecule has 0 spiro atoms. The molecule has 1 aromatic carbocycles. The van der Waals surface area contributed by atoms with Crippen LogP contribution < -0.4 is 9.47 Å². The fourth-order valence-corrected chi connectivity index (χ4v) is 2.36. The zero-order valence-corrected chi connectivity index (χ0v) is 12.9. The van der Waals surface area contributed by atoms with E-state index < -0.39 is 11.4 Å². The van der Waals surface area contributed by atoms with Gasteiger partial charge >= 0.3 is 5.97 Å². The lowest BCUT2D eigenvalue weighted by Gasteiger charge is -2.22. The number of carboxylic acids is 1. The Hall–Kier alpha value is -1.43. The van der Waals surface area contributed by atoms with Gasteiger partial charge in [0.2, 0.25) is 0 Å². The molecule has 0 saturated carbocycles. The van der Waals surface area contributed by atoms with Crippen LogP contribution in [0, 0.1) is 5.41 Å². The fraction of sp³-hybridized carbons (Fsp3) is 0.462. The molecule has 0 aliphatic heterocycles. The number of carboxylic acid groups (broad SMARTS) is 1. The van der Waals surface area contributed by atoms with Crippen LogP contribution in [-0.4, -0.2) is 30.4 Å². The summed E-state index contributed by atoms with van der Waals surface area (Å²) >= 11 is 3.33. The molecule has 0 unspecified atom stereocenters. The molecule has 2 N–H and O–H groups in total. The molecule has 0 atom stereocenters. The van der Waals surface area contributed by atoms with Gasteiger partial charge in [0.05, 0.1) is 24.1 Å². The van der Waals surface area contributed by atoms with Gasteiger partial charge in [-0.25, -0.2) is 0 Å². The second-order valence-electron chi connectivity index (χ2n) is 4.79. The first-order valence-corrected chi connectivity index (χ1v) is 6.39. The first-order chi connectivity index (χ1) is 8.74. The van der Waals surface area contributed by atoms with E-state index in [-0.39, 0.29) is 12.2 Å². The van der Waals surface area contributed by atoms with Crippen molar-refractivity contribution in [3.05, 3.63) is 16.1 Å².